The van der Waals surface area contributed by atoms with Crippen LogP contribution in [0.15, 0.2) is 24.3 Å². The third kappa shape index (κ3) is 3.20. The quantitative estimate of drug-likeness (QED) is 0.919. The molecule has 20 heavy (non-hydrogen) atoms. The van der Waals surface area contributed by atoms with Crippen molar-refractivity contribution in [1.82, 2.24) is 5.32 Å². The fraction of sp³-hybridized carbons (Fsp3) is 0.600. The fourth-order valence-corrected chi connectivity index (χ4v) is 2.96. The van der Waals surface area contributed by atoms with Crippen molar-refractivity contribution in [2.45, 2.75) is 39.0 Å². The van der Waals surface area contributed by atoms with E-state index in [9.17, 15) is 8.78 Å². The first-order chi connectivity index (χ1) is 9.52. The van der Waals surface area contributed by atoms with Gasteiger partial charge in [-0.1, -0.05) is 6.92 Å². The Hall–Kier alpha value is -1.36. The molecule has 1 fully saturated rings. The highest BCUT2D eigenvalue weighted by molar-refractivity contribution is 5.50. The van der Waals surface area contributed by atoms with Gasteiger partial charge < -0.3 is 15.0 Å². The molecule has 1 aromatic carbocycles. The van der Waals surface area contributed by atoms with Crippen LogP contribution in [0.5, 0.6) is 5.75 Å². The van der Waals surface area contributed by atoms with Gasteiger partial charge in [0.05, 0.1) is 0 Å². The van der Waals surface area contributed by atoms with Crippen molar-refractivity contribution < 1.29 is 13.5 Å². The standard InChI is InChI=1S/C15H22F2N2O/c1-10-11(2)19(9-8-14(10)18-3)12-4-6-13(7-5-12)20-15(16)17/h4-7,10-11,14-15,18H,8-9H2,1-3H3. The Morgan fingerprint density at radius 1 is 1.25 bits per heavy atom. The summed E-state index contributed by atoms with van der Waals surface area (Å²) in [5.74, 6) is 0.736. The van der Waals surface area contributed by atoms with Crippen LogP contribution in [0.1, 0.15) is 20.3 Å². The Morgan fingerprint density at radius 3 is 2.45 bits per heavy atom. The Labute approximate surface area is 118 Å². The van der Waals surface area contributed by atoms with E-state index in [1.165, 1.54) is 0 Å². The van der Waals surface area contributed by atoms with Crippen LogP contribution >= 0.6 is 0 Å². The van der Waals surface area contributed by atoms with Gasteiger partial charge in [-0.05, 0) is 50.6 Å². The number of nitrogens with zero attached hydrogens (tertiary/aromatic N) is 1. The van der Waals surface area contributed by atoms with Crippen LogP contribution in [0.3, 0.4) is 0 Å². The molecule has 0 amide bonds. The molecule has 0 bridgehead atoms. The number of rotatable bonds is 4. The van der Waals surface area contributed by atoms with Gasteiger partial charge in [0, 0.05) is 24.3 Å². The lowest BCUT2D eigenvalue weighted by Crippen LogP contribution is -2.52. The van der Waals surface area contributed by atoms with Crippen molar-refractivity contribution in [2.75, 3.05) is 18.5 Å². The molecule has 1 N–H and O–H groups in total. The molecule has 1 aromatic rings. The first-order valence-electron chi connectivity index (χ1n) is 7.01. The van der Waals surface area contributed by atoms with Gasteiger partial charge in [-0.3, -0.25) is 0 Å². The van der Waals surface area contributed by atoms with Crippen LogP contribution in [0.4, 0.5) is 14.5 Å². The van der Waals surface area contributed by atoms with Crippen molar-refractivity contribution in [3.8, 4) is 5.75 Å². The van der Waals surface area contributed by atoms with Crippen LogP contribution in [0, 0.1) is 5.92 Å². The first-order valence-corrected chi connectivity index (χ1v) is 7.01. The zero-order valence-corrected chi connectivity index (χ0v) is 12.1. The van der Waals surface area contributed by atoms with Crippen molar-refractivity contribution in [3.05, 3.63) is 24.3 Å². The molecule has 3 atom stereocenters. The molecule has 3 unspecified atom stereocenters. The number of anilines is 1. The highest BCUT2D eigenvalue weighted by Gasteiger charge is 2.31. The fourth-order valence-electron chi connectivity index (χ4n) is 2.96. The molecule has 1 aliphatic heterocycles. The van der Waals surface area contributed by atoms with E-state index in [1.807, 2.05) is 19.2 Å². The van der Waals surface area contributed by atoms with E-state index < -0.39 is 6.61 Å². The van der Waals surface area contributed by atoms with Gasteiger partial charge in [-0.2, -0.15) is 8.78 Å². The summed E-state index contributed by atoms with van der Waals surface area (Å²) < 4.78 is 28.6. The highest BCUT2D eigenvalue weighted by Crippen LogP contribution is 2.30. The minimum Gasteiger partial charge on any atom is -0.435 e. The molecular formula is C15H22F2N2O. The average Bonchev–Trinajstić information content (AvgIpc) is 2.42. The van der Waals surface area contributed by atoms with E-state index in [4.69, 9.17) is 0 Å². The van der Waals surface area contributed by atoms with Crippen LogP contribution < -0.4 is 15.0 Å². The van der Waals surface area contributed by atoms with Crippen molar-refractivity contribution >= 4 is 5.69 Å². The largest absolute Gasteiger partial charge is 0.435 e. The Balaban J connectivity index is 2.08. The number of halogens is 2. The van der Waals surface area contributed by atoms with Crippen molar-refractivity contribution in [3.63, 3.8) is 0 Å². The van der Waals surface area contributed by atoms with Gasteiger partial charge in [0.1, 0.15) is 5.75 Å². The molecule has 112 valence electrons. The van der Waals surface area contributed by atoms with Crippen LogP contribution in [0.2, 0.25) is 0 Å². The maximum atomic E-state index is 12.1. The topological polar surface area (TPSA) is 24.5 Å². The smallest absolute Gasteiger partial charge is 0.387 e. The minimum absolute atomic E-state index is 0.203. The second-order valence-electron chi connectivity index (χ2n) is 5.35. The lowest BCUT2D eigenvalue weighted by atomic mass is 9.87. The molecule has 3 nitrogen and oxygen atoms in total. The summed E-state index contributed by atoms with van der Waals surface area (Å²) in [6.45, 7) is 2.64. The molecule has 1 saturated heterocycles. The molecule has 0 aliphatic carbocycles. The first kappa shape index (κ1) is 15.0. The average molecular weight is 284 g/mol. The summed E-state index contributed by atoms with van der Waals surface area (Å²) >= 11 is 0. The SMILES string of the molecule is CNC1CCN(c2ccc(OC(F)F)cc2)C(C)C1C. The minimum atomic E-state index is -2.77. The maximum absolute atomic E-state index is 12.1. The maximum Gasteiger partial charge on any atom is 0.387 e. The van der Waals surface area contributed by atoms with E-state index in [2.05, 4.69) is 28.8 Å². The summed E-state index contributed by atoms with van der Waals surface area (Å²) in [4.78, 5) is 2.32. The van der Waals surface area contributed by atoms with Crippen LogP contribution in [-0.4, -0.2) is 32.3 Å². The summed E-state index contributed by atoms with van der Waals surface area (Å²) in [6, 6.07) is 7.83. The molecule has 1 aliphatic rings. The monoisotopic (exact) mass is 284 g/mol. The molecule has 0 spiro atoms. The van der Waals surface area contributed by atoms with Crippen LogP contribution in [-0.2, 0) is 0 Å². The summed E-state index contributed by atoms with van der Waals surface area (Å²) in [5, 5.41) is 3.36. The third-order valence-corrected chi connectivity index (χ3v) is 4.33. The number of ether oxygens (including phenoxy) is 1. The van der Waals surface area contributed by atoms with E-state index >= 15 is 0 Å². The molecule has 0 radical (unpaired) electrons. The highest BCUT2D eigenvalue weighted by atomic mass is 19.3. The molecular weight excluding hydrogens is 262 g/mol. The van der Waals surface area contributed by atoms with E-state index in [1.54, 1.807) is 12.1 Å². The zero-order chi connectivity index (χ0) is 14.7. The molecule has 0 saturated carbocycles. The van der Waals surface area contributed by atoms with Gasteiger partial charge in [0.25, 0.3) is 0 Å². The van der Waals surface area contributed by atoms with Gasteiger partial charge >= 0.3 is 6.61 Å². The molecule has 1 heterocycles. The van der Waals surface area contributed by atoms with Crippen molar-refractivity contribution in [2.24, 2.45) is 5.92 Å². The van der Waals surface area contributed by atoms with E-state index in [0.29, 0.717) is 18.0 Å². The second-order valence-corrected chi connectivity index (χ2v) is 5.35. The third-order valence-electron chi connectivity index (χ3n) is 4.33. The summed E-state index contributed by atoms with van der Waals surface area (Å²) in [5.41, 5.74) is 1.06. The predicted molar refractivity (Wildman–Crippen MR) is 76.5 cm³/mol. The predicted octanol–water partition coefficient (Wildman–Crippen LogP) is 3.11. The van der Waals surface area contributed by atoms with Crippen LogP contribution in [0.25, 0.3) is 0 Å². The van der Waals surface area contributed by atoms with Gasteiger partial charge in [-0.25, -0.2) is 0 Å². The number of hydrogen-bond donors (Lipinski definition) is 1. The Bertz CT molecular complexity index is 424. The molecule has 2 rings (SSSR count). The van der Waals surface area contributed by atoms with Gasteiger partial charge in [0.15, 0.2) is 0 Å². The number of nitrogens with one attached hydrogen (secondary N) is 1. The number of benzene rings is 1. The van der Waals surface area contributed by atoms with Gasteiger partial charge in [-0.15, -0.1) is 0 Å². The Kier molecular flexibility index (Phi) is 4.81. The number of alkyl halides is 2. The lowest BCUT2D eigenvalue weighted by molar-refractivity contribution is -0.0498. The molecule has 0 aromatic heterocycles. The second kappa shape index (κ2) is 6.39. The molecule has 5 heteroatoms. The van der Waals surface area contributed by atoms with Gasteiger partial charge in [0.2, 0.25) is 0 Å². The Morgan fingerprint density at radius 2 is 1.90 bits per heavy atom. The van der Waals surface area contributed by atoms with E-state index in [-0.39, 0.29) is 5.75 Å². The van der Waals surface area contributed by atoms with E-state index in [0.717, 1.165) is 18.7 Å². The number of hydrogen-bond acceptors (Lipinski definition) is 3. The normalized spacial score (nSPS) is 26.9. The zero-order valence-electron chi connectivity index (χ0n) is 12.1. The lowest BCUT2D eigenvalue weighted by Gasteiger charge is -2.44. The summed E-state index contributed by atoms with van der Waals surface area (Å²) in [7, 11) is 2.00. The number of piperidine rings is 1. The summed E-state index contributed by atoms with van der Waals surface area (Å²) in [6.07, 6.45) is 1.08. The van der Waals surface area contributed by atoms with Crippen molar-refractivity contribution in [1.29, 1.82) is 0 Å².